The first-order chi connectivity index (χ1) is 17.0. The summed E-state index contributed by atoms with van der Waals surface area (Å²) in [5.41, 5.74) is 2.02. The number of hydrogen-bond acceptors (Lipinski definition) is 4. The van der Waals surface area contributed by atoms with Crippen molar-refractivity contribution in [3.05, 3.63) is 58.1 Å². The third kappa shape index (κ3) is 6.74. The molecule has 0 aromatic heterocycles. The van der Waals surface area contributed by atoms with E-state index in [9.17, 15) is 9.90 Å². The Bertz CT molecular complexity index is 1040. The Morgan fingerprint density at radius 1 is 0.944 bits per heavy atom. The van der Waals surface area contributed by atoms with Gasteiger partial charge in [0, 0.05) is 38.6 Å². The average molecular weight is 534 g/mol. The topological polar surface area (TPSA) is 53.0 Å². The molecule has 1 saturated heterocycles. The molecule has 196 valence electrons. The molecule has 2 aromatic rings. The number of ether oxygens (including phenoxy) is 1. The molecule has 0 radical (unpaired) electrons. The Morgan fingerprint density at radius 2 is 1.56 bits per heavy atom. The van der Waals surface area contributed by atoms with Crippen molar-refractivity contribution < 1.29 is 14.6 Å². The van der Waals surface area contributed by atoms with E-state index >= 15 is 0 Å². The van der Waals surface area contributed by atoms with Gasteiger partial charge < -0.3 is 14.7 Å². The van der Waals surface area contributed by atoms with Crippen LogP contribution in [-0.2, 0) is 4.74 Å². The molecule has 1 aliphatic carbocycles. The van der Waals surface area contributed by atoms with Crippen molar-refractivity contribution in [2.45, 2.75) is 70.0 Å². The van der Waals surface area contributed by atoms with Crippen LogP contribution in [0.1, 0.15) is 64.4 Å². The number of carbonyl (C=O) groups excluding carboxylic acids is 1. The lowest BCUT2D eigenvalue weighted by Crippen LogP contribution is -2.52. The molecule has 5 nitrogen and oxygen atoms in total. The van der Waals surface area contributed by atoms with Gasteiger partial charge in [0.2, 0.25) is 0 Å². The first kappa shape index (κ1) is 27.3. The van der Waals surface area contributed by atoms with E-state index in [1.807, 2.05) is 39.0 Å². The number of amides is 1. The van der Waals surface area contributed by atoms with Crippen LogP contribution in [-0.4, -0.2) is 64.9 Å². The summed E-state index contributed by atoms with van der Waals surface area (Å²) in [5, 5.41) is 12.9. The van der Waals surface area contributed by atoms with Gasteiger partial charge in [-0.05, 0) is 62.4 Å². The normalized spacial score (nSPS) is 19.7. The molecule has 4 rings (SSSR count). The summed E-state index contributed by atoms with van der Waals surface area (Å²) < 4.78 is 5.55. The molecule has 0 bridgehead atoms. The Morgan fingerprint density at radius 3 is 2.14 bits per heavy atom. The Labute approximate surface area is 225 Å². The van der Waals surface area contributed by atoms with E-state index in [1.54, 1.807) is 4.90 Å². The maximum atomic E-state index is 12.5. The maximum Gasteiger partial charge on any atom is 0.410 e. The molecule has 1 aliphatic heterocycles. The van der Waals surface area contributed by atoms with Crippen molar-refractivity contribution in [1.82, 2.24) is 9.80 Å². The zero-order valence-corrected chi connectivity index (χ0v) is 23.1. The molecule has 1 unspecified atom stereocenters. The molecule has 1 saturated carbocycles. The van der Waals surface area contributed by atoms with Crippen molar-refractivity contribution in [1.29, 1.82) is 0 Å². The summed E-state index contributed by atoms with van der Waals surface area (Å²) in [4.78, 5) is 16.7. The minimum Gasteiger partial charge on any atom is -0.444 e. The lowest BCUT2D eigenvalue weighted by atomic mass is 9.72. The molecular formula is C29H38Cl2N2O3. The number of halogens is 2. The van der Waals surface area contributed by atoms with Gasteiger partial charge >= 0.3 is 6.09 Å². The Kier molecular flexibility index (Phi) is 8.56. The lowest BCUT2D eigenvalue weighted by Gasteiger charge is -2.43. The van der Waals surface area contributed by atoms with Gasteiger partial charge in [-0.1, -0.05) is 72.8 Å². The quantitative estimate of drug-likeness (QED) is 0.450. The fourth-order valence-electron chi connectivity index (χ4n) is 5.38. The van der Waals surface area contributed by atoms with E-state index < -0.39 is 11.2 Å². The van der Waals surface area contributed by atoms with Crippen LogP contribution in [0.15, 0.2) is 42.5 Å². The molecule has 1 heterocycles. The summed E-state index contributed by atoms with van der Waals surface area (Å²) in [5.74, 6) is 0.00809. The van der Waals surface area contributed by atoms with Crippen LogP contribution in [0.2, 0.25) is 10.0 Å². The van der Waals surface area contributed by atoms with Gasteiger partial charge in [-0.15, -0.1) is 0 Å². The molecular weight excluding hydrogens is 495 g/mol. The summed E-state index contributed by atoms with van der Waals surface area (Å²) >= 11 is 12.3. The molecule has 1 atom stereocenters. The van der Waals surface area contributed by atoms with Crippen molar-refractivity contribution in [2.24, 2.45) is 0 Å². The molecule has 2 aliphatic rings. The van der Waals surface area contributed by atoms with Gasteiger partial charge in [0.05, 0.1) is 15.6 Å². The molecule has 7 heteroatoms. The number of piperazine rings is 1. The smallest absolute Gasteiger partial charge is 0.410 e. The monoisotopic (exact) mass is 532 g/mol. The van der Waals surface area contributed by atoms with Crippen molar-refractivity contribution in [3.63, 3.8) is 0 Å². The van der Waals surface area contributed by atoms with E-state index in [1.165, 1.54) is 6.42 Å². The third-order valence-corrected chi connectivity index (χ3v) is 8.14. The first-order valence-electron chi connectivity index (χ1n) is 13.0. The first-order valence-corrected chi connectivity index (χ1v) is 13.8. The number of benzene rings is 2. The highest BCUT2D eigenvalue weighted by molar-refractivity contribution is 6.42. The van der Waals surface area contributed by atoms with Crippen LogP contribution < -0.4 is 0 Å². The lowest BCUT2D eigenvalue weighted by molar-refractivity contribution is -0.0356. The second kappa shape index (κ2) is 11.3. The zero-order valence-electron chi connectivity index (χ0n) is 21.6. The van der Waals surface area contributed by atoms with Crippen LogP contribution in [0.3, 0.4) is 0 Å². The van der Waals surface area contributed by atoms with E-state index in [-0.39, 0.29) is 12.0 Å². The van der Waals surface area contributed by atoms with E-state index in [2.05, 4.69) is 29.2 Å². The van der Waals surface area contributed by atoms with Crippen LogP contribution in [0.5, 0.6) is 0 Å². The highest BCUT2D eigenvalue weighted by Crippen LogP contribution is 2.41. The van der Waals surface area contributed by atoms with E-state index in [0.29, 0.717) is 23.1 Å². The minimum absolute atomic E-state index is 0.00809. The molecule has 1 N–H and O–H groups in total. The van der Waals surface area contributed by atoms with Gasteiger partial charge in [-0.25, -0.2) is 4.79 Å². The van der Waals surface area contributed by atoms with Gasteiger partial charge in [0.25, 0.3) is 0 Å². The fourth-order valence-corrected chi connectivity index (χ4v) is 5.68. The molecule has 36 heavy (non-hydrogen) atoms. The fraction of sp³-hybridized carbons (Fsp3) is 0.552. The van der Waals surface area contributed by atoms with Crippen LogP contribution >= 0.6 is 23.2 Å². The van der Waals surface area contributed by atoms with Gasteiger partial charge in [-0.3, -0.25) is 4.90 Å². The van der Waals surface area contributed by atoms with Crippen LogP contribution in [0.4, 0.5) is 4.79 Å². The van der Waals surface area contributed by atoms with E-state index in [0.717, 1.165) is 62.0 Å². The summed E-state index contributed by atoms with van der Waals surface area (Å²) in [7, 11) is 0. The highest BCUT2D eigenvalue weighted by Gasteiger charge is 2.40. The molecule has 0 spiro atoms. The largest absolute Gasteiger partial charge is 0.444 e. The number of aliphatic hydroxyl groups is 1. The minimum atomic E-state index is -0.717. The standard InChI is InChI=1S/C29H38Cl2N2O3/c1-28(2,3)36-27(34)33-17-15-32(16-18-33)20-24(29(35)13-5-4-6-14-29)22-9-7-21(8-10-22)23-11-12-25(30)26(31)19-23/h7-12,19,24,35H,4-6,13-18,20H2,1-3H3. The number of hydrogen-bond donors (Lipinski definition) is 1. The van der Waals surface area contributed by atoms with Crippen LogP contribution in [0, 0.1) is 0 Å². The van der Waals surface area contributed by atoms with Crippen molar-refractivity contribution in [2.75, 3.05) is 32.7 Å². The number of nitrogens with zero attached hydrogens (tertiary/aromatic N) is 2. The summed E-state index contributed by atoms with van der Waals surface area (Å²) in [6, 6.07) is 14.2. The van der Waals surface area contributed by atoms with Gasteiger partial charge in [0.1, 0.15) is 5.60 Å². The number of carbonyl (C=O) groups is 1. The van der Waals surface area contributed by atoms with Crippen molar-refractivity contribution >= 4 is 29.3 Å². The van der Waals surface area contributed by atoms with Crippen molar-refractivity contribution in [3.8, 4) is 11.1 Å². The molecule has 2 aromatic carbocycles. The SMILES string of the molecule is CC(C)(C)OC(=O)N1CCN(CC(c2ccc(-c3ccc(Cl)c(Cl)c3)cc2)C2(O)CCCCC2)CC1. The average Bonchev–Trinajstić information content (AvgIpc) is 2.84. The molecule has 1 amide bonds. The van der Waals surface area contributed by atoms with Gasteiger partial charge in [-0.2, -0.15) is 0 Å². The zero-order chi connectivity index (χ0) is 25.9. The second-order valence-electron chi connectivity index (χ2n) is 11.2. The van der Waals surface area contributed by atoms with Crippen LogP contribution in [0.25, 0.3) is 11.1 Å². The predicted molar refractivity (Wildman–Crippen MR) is 147 cm³/mol. The highest BCUT2D eigenvalue weighted by atomic mass is 35.5. The second-order valence-corrected chi connectivity index (χ2v) is 12.1. The third-order valence-electron chi connectivity index (χ3n) is 7.40. The van der Waals surface area contributed by atoms with E-state index in [4.69, 9.17) is 27.9 Å². The molecule has 2 fully saturated rings. The maximum absolute atomic E-state index is 12.5. The number of rotatable bonds is 5. The van der Waals surface area contributed by atoms with Gasteiger partial charge in [0.15, 0.2) is 0 Å². The summed E-state index contributed by atoms with van der Waals surface area (Å²) in [6.45, 7) is 9.26. The predicted octanol–water partition coefficient (Wildman–Crippen LogP) is 6.99. The summed E-state index contributed by atoms with van der Waals surface area (Å²) in [6.07, 6.45) is 4.69. The Hall–Kier alpha value is -1.79. The Balaban J connectivity index is 1.49.